The highest BCUT2D eigenvalue weighted by molar-refractivity contribution is 5.33. The lowest BCUT2D eigenvalue weighted by molar-refractivity contribution is -0.00332. The third kappa shape index (κ3) is 2.23. The lowest BCUT2D eigenvalue weighted by atomic mass is 9.89. The van der Waals surface area contributed by atoms with Gasteiger partial charge in [0, 0.05) is 25.9 Å². The first-order valence-electron chi connectivity index (χ1n) is 5.43. The molecule has 2 rings (SSSR count). The van der Waals surface area contributed by atoms with Crippen LogP contribution in [0.1, 0.15) is 11.1 Å². The number of nitrogens with zero attached hydrogens (tertiary/aromatic N) is 2. The molecule has 1 unspecified atom stereocenters. The molecule has 0 saturated carbocycles. The average Bonchev–Trinajstić information content (AvgIpc) is 2.78. The van der Waals surface area contributed by atoms with E-state index in [0.717, 1.165) is 11.1 Å². The van der Waals surface area contributed by atoms with E-state index in [1.54, 1.807) is 24.2 Å². The van der Waals surface area contributed by atoms with E-state index in [-0.39, 0.29) is 6.61 Å². The maximum Gasteiger partial charge on any atom is 0.141 e. The van der Waals surface area contributed by atoms with Crippen LogP contribution in [0.2, 0.25) is 0 Å². The summed E-state index contributed by atoms with van der Waals surface area (Å²) in [4.78, 5) is 0. The van der Waals surface area contributed by atoms with Crippen molar-refractivity contribution in [2.45, 2.75) is 5.60 Å². The van der Waals surface area contributed by atoms with Crippen molar-refractivity contribution in [2.75, 3.05) is 13.7 Å². The van der Waals surface area contributed by atoms with Crippen molar-refractivity contribution in [3.63, 3.8) is 0 Å². The first kappa shape index (κ1) is 11.8. The van der Waals surface area contributed by atoms with Gasteiger partial charge >= 0.3 is 0 Å². The molecule has 0 aliphatic rings. The zero-order valence-electron chi connectivity index (χ0n) is 10.00. The van der Waals surface area contributed by atoms with Crippen LogP contribution in [0, 0.1) is 0 Å². The maximum absolute atomic E-state index is 10.8. The van der Waals surface area contributed by atoms with Crippen LogP contribution in [0.3, 0.4) is 0 Å². The molecule has 0 spiro atoms. The van der Waals surface area contributed by atoms with Crippen LogP contribution in [-0.2, 0) is 17.4 Å². The van der Waals surface area contributed by atoms with E-state index in [4.69, 9.17) is 4.74 Å². The van der Waals surface area contributed by atoms with Gasteiger partial charge in [-0.1, -0.05) is 30.3 Å². The maximum atomic E-state index is 10.8. The van der Waals surface area contributed by atoms with Crippen molar-refractivity contribution in [2.24, 2.45) is 7.05 Å². The first-order chi connectivity index (χ1) is 8.16. The van der Waals surface area contributed by atoms with E-state index >= 15 is 0 Å². The number of aliphatic hydroxyl groups is 1. The summed E-state index contributed by atoms with van der Waals surface area (Å²) < 4.78 is 6.80. The highest BCUT2D eigenvalue weighted by atomic mass is 16.5. The van der Waals surface area contributed by atoms with Gasteiger partial charge in [-0.05, 0) is 5.56 Å². The molecule has 90 valence electrons. The van der Waals surface area contributed by atoms with E-state index in [1.807, 2.05) is 37.4 Å². The third-order valence-corrected chi connectivity index (χ3v) is 2.79. The molecule has 1 atom stereocenters. The normalized spacial score (nSPS) is 14.5. The number of methoxy groups -OCH3 is 1. The second kappa shape index (κ2) is 4.69. The molecule has 0 saturated heterocycles. The van der Waals surface area contributed by atoms with Gasteiger partial charge < -0.3 is 9.84 Å². The van der Waals surface area contributed by atoms with E-state index in [2.05, 4.69) is 5.10 Å². The first-order valence-corrected chi connectivity index (χ1v) is 5.43. The summed E-state index contributed by atoms with van der Waals surface area (Å²) in [6, 6.07) is 9.47. The van der Waals surface area contributed by atoms with Gasteiger partial charge in [0.15, 0.2) is 0 Å². The molecule has 1 heterocycles. The highest BCUT2D eigenvalue weighted by Gasteiger charge is 2.32. The number of aromatic nitrogens is 2. The fraction of sp³-hybridized carbons (Fsp3) is 0.308. The zero-order valence-corrected chi connectivity index (χ0v) is 10.00. The third-order valence-electron chi connectivity index (χ3n) is 2.79. The molecule has 2 aromatic rings. The smallest absolute Gasteiger partial charge is 0.141 e. The van der Waals surface area contributed by atoms with E-state index in [1.165, 1.54) is 0 Å². The fourth-order valence-corrected chi connectivity index (χ4v) is 1.89. The predicted molar refractivity (Wildman–Crippen MR) is 64.5 cm³/mol. The lowest BCUT2D eigenvalue weighted by Gasteiger charge is -2.26. The summed E-state index contributed by atoms with van der Waals surface area (Å²) in [6.07, 6.45) is 3.46. The fourth-order valence-electron chi connectivity index (χ4n) is 1.89. The molecule has 17 heavy (non-hydrogen) atoms. The monoisotopic (exact) mass is 232 g/mol. The van der Waals surface area contributed by atoms with Crippen molar-refractivity contribution in [1.29, 1.82) is 0 Å². The topological polar surface area (TPSA) is 47.3 Å². The summed E-state index contributed by atoms with van der Waals surface area (Å²) in [7, 11) is 3.39. The predicted octanol–water partition coefficient (Wildman–Crippen LogP) is 1.30. The SMILES string of the molecule is COCC(O)(c1ccccc1)c1cnn(C)c1. The van der Waals surface area contributed by atoms with E-state index < -0.39 is 5.60 Å². The Hall–Kier alpha value is -1.65. The van der Waals surface area contributed by atoms with Crippen molar-refractivity contribution in [1.82, 2.24) is 9.78 Å². The molecule has 0 radical (unpaired) electrons. The standard InChI is InChI=1S/C13H16N2O2/c1-15-9-12(8-14-15)13(16,10-17-2)11-6-4-3-5-7-11/h3-9,16H,10H2,1-2H3. The number of benzene rings is 1. The van der Waals surface area contributed by atoms with Crippen LogP contribution >= 0.6 is 0 Å². The van der Waals surface area contributed by atoms with Crippen LogP contribution in [0.15, 0.2) is 42.7 Å². The number of aryl methyl sites for hydroxylation is 1. The molecule has 0 aliphatic heterocycles. The Kier molecular flexibility index (Phi) is 3.26. The van der Waals surface area contributed by atoms with Gasteiger partial charge in [0.05, 0.1) is 12.8 Å². The van der Waals surface area contributed by atoms with Crippen LogP contribution < -0.4 is 0 Å². The Morgan fingerprint density at radius 1 is 1.29 bits per heavy atom. The molecule has 0 fully saturated rings. The Labute approximate surface area is 100 Å². The van der Waals surface area contributed by atoms with Gasteiger partial charge in [-0.15, -0.1) is 0 Å². The summed E-state index contributed by atoms with van der Waals surface area (Å²) in [6.45, 7) is 0.197. The van der Waals surface area contributed by atoms with E-state index in [9.17, 15) is 5.11 Å². The molecular formula is C13H16N2O2. The van der Waals surface area contributed by atoms with E-state index in [0.29, 0.717) is 0 Å². The summed E-state index contributed by atoms with van der Waals surface area (Å²) in [5.74, 6) is 0. The molecule has 0 aliphatic carbocycles. The summed E-state index contributed by atoms with van der Waals surface area (Å²) >= 11 is 0. The van der Waals surface area contributed by atoms with Gasteiger partial charge in [-0.2, -0.15) is 5.10 Å². The van der Waals surface area contributed by atoms with Crippen molar-refractivity contribution in [3.8, 4) is 0 Å². The van der Waals surface area contributed by atoms with Crippen LogP contribution in [-0.4, -0.2) is 28.6 Å². The Morgan fingerprint density at radius 3 is 2.53 bits per heavy atom. The van der Waals surface area contributed by atoms with Crippen molar-refractivity contribution < 1.29 is 9.84 Å². The van der Waals surface area contributed by atoms with Crippen LogP contribution in [0.5, 0.6) is 0 Å². The average molecular weight is 232 g/mol. The van der Waals surface area contributed by atoms with Crippen LogP contribution in [0.25, 0.3) is 0 Å². The van der Waals surface area contributed by atoms with Crippen LogP contribution in [0.4, 0.5) is 0 Å². The zero-order chi connectivity index (χ0) is 12.3. The number of hydrogen-bond donors (Lipinski definition) is 1. The molecule has 1 N–H and O–H groups in total. The number of hydrogen-bond acceptors (Lipinski definition) is 3. The molecule has 1 aromatic heterocycles. The Balaban J connectivity index is 2.46. The van der Waals surface area contributed by atoms with Gasteiger partial charge in [0.1, 0.15) is 5.60 Å². The van der Waals surface area contributed by atoms with Gasteiger partial charge in [0.2, 0.25) is 0 Å². The number of rotatable bonds is 4. The molecule has 0 amide bonds. The minimum Gasteiger partial charge on any atom is -0.381 e. The second-order valence-electron chi connectivity index (χ2n) is 4.06. The highest BCUT2D eigenvalue weighted by Crippen LogP contribution is 2.29. The van der Waals surface area contributed by atoms with Gasteiger partial charge in [-0.25, -0.2) is 0 Å². The molecule has 4 nitrogen and oxygen atoms in total. The Bertz CT molecular complexity index is 481. The molecule has 4 heteroatoms. The molecule has 0 bridgehead atoms. The molecular weight excluding hydrogens is 216 g/mol. The van der Waals surface area contributed by atoms with Crippen molar-refractivity contribution >= 4 is 0 Å². The Morgan fingerprint density at radius 2 is 2.00 bits per heavy atom. The summed E-state index contributed by atoms with van der Waals surface area (Å²) in [5.41, 5.74) is 0.382. The number of ether oxygens (including phenoxy) is 1. The minimum absolute atomic E-state index is 0.197. The van der Waals surface area contributed by atoms with Gasteiger partial charge in [-0.3, -0.25) is 4.68 Å². The quantitative estimate of drug-likeness (QED) is 0.864. The van der Waals surface area contributed by atoms with Crippen molar-refractivity contribution in [3.05, 3.63) is 53.9 Å². The summed E-state index contributed by atoms with van der Waals surface area (Å²) in [5, 5.41) is 14.9. The second-order valence-corrected chi connectivity index (χ2v) is 4.06. The largest absolute Gasteiger partial charge is 0.381 e. The minimum atomic E-state index is -1.15. The molecule has 1 aromatic carbocycles. The van der Waals surface area contributed by atoms with Gasteiger partial charge in [0.25, 0.3) is 0 Å². The lowest BCUT2D eigenvalue weighted by Crippen LogP contribution is -2.32.